The summed E-state index contributed by atoms with van der Waals surface area (Å²) in [6.07, 6.45) is 0. The Labute approximate surface area is 214 Å². The molecule has 1 N–H and O–H groups in total. The van der Waals surface area contributed by atoms with Gasteiger partial charge in [0, 0.05) is 22.7 Å². The van der Waals surface area contributed by atoms with Crippen molar-refractivity contribution in [3.8, 4) is 11.5 Å². The molecule has 35 heavy (non-hydrogen) atoms. The Balaban J connectivity index is 1.46. The molecule has 0 bridgehead atoms. The zero-order valence-corrected chi connectivity index (χ0v) is 21.4. The molecule has 4 rings (SSSR count). The van der Waals surface area contributed by atoms with E-state index in [0.717, 1.165) is 16.7 Å². The van der Waals surface area contributed by atoms with Crippen LogP contribution in [0.25, 0.3) is 0 Å². The van der Waals surface area contributed by atoms with Crippen molar-refractivity contribution in [1.29, 1.82) is 0 Å². The lowest BCUT2D eigenvalue weighted by molar-refractivity contribution is -0.128. The SMILES string of the molecule is COc1ccc(OC)c([C@H](C)NC(=O)c2ccc([C@H]3SCC(=O)N3Cc3ccc(Cl)cc3)cc2)c1. The monoisotopic (exact) mass is 510 g/mol. The molecule has 1 saturated heterocycles. The van der Waals surface area contributed by atoms with Crippen LogP contribution in [0.2, 0.25) is 5.02 Å². The van der Waals surface area contributed by atoms with E-state index in [9.17, 15) is 9.59 Å². The van der Waals surface area contributed by atoms with Crippen molar-refractivity contribution in [2.24, 2.45) is 0 Å². The van der Waals surface area contributed by atoms with Gasteiger partial charge in [0.05, 0.1) is 26.0 Å². The van der Waals surface area contributed by atoms with Crippen LogP contribution in [0.3, 0.4) is 0 Å². The molecule has 182 valence electrons. The van der Waals surface area contributed by atoms with Gasteiger partial charge in [0.25, 0.3) is 5.91 Å². The highest BCUT2D eigenvalue weighted by Gasteiger charge is 2.32. The third kappa shape index (κ3) is 5.74. The summed E-state index contributed by atoms with van der Waals surface area (Å²) in [4.78, 5) is 27.4. The van der Waals surface area contributed by atoms with Gasteiger partial charge in [-0.05, 0) is 60.5 Å². The van der Waals surface area contributed by atoms with Crippen LogP contribution in [0.4, 0.5) is 0 Å². The topological polar surface area (TPSA) is 67.9 Å². The van der Waals surface area contributed by atoms with Gasteiger partial charge in [-0.25, -0.2) is 0 Å². The number of amides is 2. The van der Waals surface area contributed by atoms with Crippen LogP contribution in [-0.2, 0) is 11.3 Å². The summed E-state index contributed by atoms with van der Waals surface area (Å²) in [5, 5.41) is 3.59. The third-order valence-electron chi connectivity index (χ3n) is 5.94. The quantitative estimate of drug-likeness (QED) is 0.426. The number of thioether (sulfide) groups is 1. The molecule has 0 aromatic heterocycles. The third-order valence-corrected chi connectivity index (χ3v) is 7.45. The van der Waals surface area contributed by atoms with Gasteiger partial charge in [0.15, 0.2) is 0 Å². The zero-order valence-electron chi connectivity index (χ0n) is 19.8. The van der Waals surface area contributed by atoms with Crippen LogP contribution in [0.1, 0.15) is 45.4 Å². The summed E-state index contributed by atoms with van der Waals surface area (Å²) >= 11 is 7.58. The van der Waals surface area contributed by atoms with Gasteiger partial charge >= 0.3 is 0 Å². The molecule has 1 heterocycles. The fraction of sp³-hybridized carbons (Fsp3) is 0.259. The molecule has 0 saturated carbocycles. The van der Waals surface area contributed by atoms with E-state index in [2.05, 4.69) is 5.32 Å². The van der Waals surface area contributed by atoms with Crippen LogP contribution >= 0.6 is 23.4 Å². The van der Waals surface area contributed by atoms with Gasteiger partial charge in [-0.2, -0.15) is 0 Å². The fourth-order valence-corrected chi connectivity index (χ4v) is 5.34. The Morgan fingerprint density at radius 3 is 2.46 bits per heavy atom. The highest BCUT2D eigenvalue weighted by molar-refractivity contribution is 8.00. The van der Waals surface area contributed by atoms with E-state index in [4.69, 9.17) is 21.1 Å². The van der Waals surface area contributed by atoms with Crippen LogP contribution in [-0.4, -0.2) is 36.7 Å². The molecule has 1 aliphatic heterocycles. The first-order chi connectivity index (χ1) is 16.9. The average Bonchev–Trinajstić information content (AvgIpc) is 3.24. The summed E-state index contributed by atoms with van der Waals surface area (Å²) in [6, 6.07) is 20.1. The number of hydrogen-bond donors (Lipinski definition) is 1. The number of carbonyl (C=O) groups excluding carboxylic acids is 2. The van der Waals surface area contributed by atoms with Gasteiger partial charge < -0.3 is 19.7 Å². The summed E-state index contributed by atoms with van der Waals surface area (Å²) in [7, 11) is 3.20. The first-order valence-electron chi connectivity index (χ1n) is 11.2. The number of carbonyl (C=O) groups is 2. The lowest BCUT2D eigenvalue weighted by atomic mass is 10.1. The van der Waals surface area contributed by atoms with Gasteiger partial charge in [-0.3, -0.25) is 9.59 Å². The number of methoxy groups -OCH3 is 2. The number of halogens is 1. The van der Waals surface area contributed by atoms with E-state index >= 15 is 0 Å². The highest BCUT2D eigenvalue weighted by Crippen LogP contribution is 2.39. The average molecular weight is 511 g/mol. The predicted molar refractivity (Wildman–Crippen MR) is 139 cm³/mol. The smallest absolute Gasteiger partial charge is 0.251 e. The van der Waals surface area contributed by atoms with Crippen molar-refractivity contribution in [3.63, 3.8) is 0 Å². The molecular formula is C27H27ClN2O4S. The van der Waals surface area contributed by atoms with Crippen molar-refractivity contribution in [1.82, 2.24) is 10.2 Å². The predicted octanol–water partition coefficient (Wildman–Crippen LogP) is 5.62. The van der Waals surface area contributed by atoms with Crippen LogP contribution in [0.5, 0.6) is 11.5 Å². The van der Waals surface area contributed by atoms with Crippen molar-refractivity contribution >= 4 is 35.2 Å². The highest BCUT2D eigenvalue weighted by atomic mass is 35.5. The summed E-state index contributed by atoms with van der Waals surface area (Å²) < 4.78 is 10.8. The number of rotatable bonds is 8. The second-order valence-corrected chi connectivity index (χ2v) is 9.74. The molecule has 8 heteroatoms. The van der Waals surface area contributed by atoms with Crippen molar-refractivity contribution < 1.29 is 19.1 Å². The number of nitrogens with one attached hydrogen (secondary N) is 1. The Kier molecular flexibility index (Phi) is 7.88. The van der Waals surface area contributed by atoms with Crippen molar-refractivity contribution in [2.75, 3.05) is 20.0 Å². The standard InChI is InChI=1S/C27H27ClN2O4S/c1-17(23-14-22(33-2)12-13-24(23)34-3)29-26(32)19-6-8-20(9-7-19)27-30(25(31)16-35-27)15-18-4-10-21(28)11-5-18/h4-14,17,27H,15-16H2,1-3H3,(H,29,32)/t17-,27+/m0/s1. The van der Waals surface area contributed by atoms with E-state index in [0.29, 0.717) is 34.4 Å². The lowest BCUT2D eigenvalue weighted by Gasteiger charge is -2.24. The van der Waals surface area contributed by atoms with Gasteiger partial charge in [-0.15, -0.1) is 11.8 Å². The maximum absolute atomic E-state index is 12.9. The lowest BCUT2D eigenvalue weighted by Crippen LogP contribution is -2.28. The minimum atomic E-state index is -0.287. The van der Waals surface area contributed by atoms with Gasteiger partial charge in [-0.1, -0.05) is 35.9 Å². The molecule has 1 fully saturated rings. The molecule has 2 amide bonds. The Hall–Kier alpha value is -3.16. The molecular weight excluding hydrogens is 484 g/mol. The largest absolute Gasteiger partial charge is 0.497 e. The Bertz CT molecular complexity index is 1200. The molecule has 2 atom stereocenters. The Morgan fingerprint density at radius 1 is 1.09 bits per heavy atom. The van der Waals surface area contributed by atoms with E-state index in [1.807, 2.05) is 66.4 Å². The second kappa shape index (κ2) is 11.1. The maximum Gasteiger partial charge on any atom is 0.251 e. The zero-order chi connectivity index (χ0) is 24.9. The van der Waals surface area contributed by atoms with Crippen molar-refractivity contribution in [2.45, 2.75) is 24.9 Å². The van der Waals surface area contributed by atoms with E-state index < -0.39 is 0 Å². The normalized spacial score (nSPS) is 16.2. The summed E-state index contributed by atoms with van der Waals surface area (Å²) in [5.41, 5.74) is 3.37. The molecule has 3 aromatic carbocycles. The van der Waals surface area contributed by atoms with E-state index in [1.54, 1.807) is 38.1 Å². The fourth-order valence-electron chi connectivity index (χ4n) is 4.02. The molecule has 6 nitrogen and oxygen atoms in total. The minimum Gasteiger partial charge on any atom is -0.497 e. The molecule has 1 aliphatic rings. The second-order valence-electron chi connectivity index (χ2n) is 8.24. The van der Waals surface area contributed by atoms with Gasteiger partial charge in [0.2, 0.25) is 5.91 Å². The van der Waals surface area contributed by atoms with Crippen LogP contribution in [0, 0.1) is 0 Å². The van der Waals surface area contributed by atoms with E-state index in [-0.39, 0.29) is 23.2 Å². The molecule has 3 aromatic rings. The van der Waals surface area contributed by atoms with Crippen LogP contribution in [0.15, 0.2) is 66.7 Å². The number of nitrogens with zero attached hydrogens (tertiary/aromatic N) is 1. The number of benzene rings is 3. The maximum atomic E-state index is 12.9. The summed E-state index contributed by atoms with van der Waals surface area (Å²) in [6.45, 7) is 2.41. The van der Waals surface area contributed by atoms with Gasteiger partial charge in [0.1, 0.15) is 16.9 Å². The van der Waals surface area contributed by atoms with Crippen LogP contribution < -0.4 is 14.8 Å². The number of ether oxygens (including phenoxy) is 2. The molecule has 0 aliphatic carbocycles. The molecule has 0 unspecified atom stereocenters. The summed E-state index contributed by atoms with van der Waals surface area (Å²) in [5.74, 6) is 1.70. The minimum absolute atomic E-state index is 0.0952. The van der Waals surface area contributed by atoms with E-state index in [1.165, 1.54) is 0 Å². The number of hydrogen-bond acceptors (Lipinski definition) is 5. The molecule has 0 radical (unpaired) electrons. The molecule has 0 spiro atoms. The first kappa shape index (κ1) is 24.9. The van der Waals surface area contributed by atoms with Crippen molar-refractivity contribution in [3.05, 3.63) is 94.0 Å². The Morgan fingerprint density at radius 2 is 1.80 bits per heavy atom. The first-order valence-corrected chi connectivity index (χ1v) is 12.6.